The van der Waals surface area contributed by atoms with Crippen molar-refractivity contribution in [2.75, 3.05) is 24.7 Å². The molecule has 0 unspecified atom stereocenters. The summed E-state index contributed by atoms with van der Waals surface area (Å²) in [5.74, 6) is -1.05. The molecular weight excluding hydrogens is 332 g/mol. The highest BCUT2D eigenvalue weighted by Gasteiger charge is 2.30. The number of aromatic nitrogens is 2. The van der Waals surface area contributed by atoms with Crippen LogP contribution >= 0.6 is 0 Å². The van der Waals surface area contributed by atoms with E-state index in [1.807, 2.05) is 0 Å². The Balaban J connectivity index is 1.60. The number of morpholine rings is 1. The Morgan fingerprint density at radius 2 is 2.20 bits per heavy atom. The van der Waals surface area contributed by atoms with Gasteiger partial charge in [-0.25, -0.2) is 13.6 Å². The topological polar surface area (TPSA) is 56.6 Å². The maximum absolute atomic E-state index is 13.7. The van der Waals surface area contributed by atoms with Crippen LogP contribution in [0.2, 0.25) is 0 Å². The molecule has 0 bridgehead atoms. The summed E-state index contributed by atoms with van der Waals surface area (Å²) in [4.78, 5) is 18.3. The summed E-state index contributed by atoms with van der Waals surface area (Å²) >= 11 is 0. The van der Waals surface area contributed by atoms with Crippen molar-refractivity contribution in [1.82, 2.24) is 9.55 Å². The van der Waals surface area contributed by atoms with Crippen molar-refractivity contribution >= 4 is 5.82 Å². The van der Waals surface area contributed by atoms with Gasteiger partial charge in [0.1, 0.15) is 12.4 Å². The first-order valence-electron chi connectivity index (χ1n) is 8.15. The number of anilines is 1. The van der Waals surface area contributed by atoms with Crippen molar-refractivity contribution in [1.29, 1.82) is 0 Å². The minimum absolute atomic E-state index is 0.0730. The molecule has 2 aliphatic rings. The van der Waals surface area contributed by atoms with Crippen molar-refractivity contribution in [2.45, 2.75) is 25.6 Å². The van der Waals surface area contributed by atoms with Crippen LogP contribution in [0.5, 0.6) is 5.88 Å². The summed E-state index contributed by atoms with van der Waals surface area (Å²) in [5.41, 5.74) is -0.332. The fraction of sp³-hybridized carbons (Fsp3) is 0.412. The molecule has 0 spiro atoms. The van der Waals surface area contributed by atoms with Gasteiger partial charge in [-0.15, -0.1) is 0 Å². The zero-order valence-electron chi connectivity index (χ0n) is 13.5. The third-order valence-electron chi connectivity index (χ3n) is 4.58. The summed E-state index contributed by atoms with van der Waals surface area (Å²) in [7, 11) is 0. The Labute approximate surface area is 142 Å². The van der Waals surface area contributed by atoms with E-state index in [1.165, 1.54) is 12.1 Å². The Morgan fingerprint density at radius 3 is 3.08 bits per heavy atom. The van der Waals surface area contributed by atoms with Crippen LogP contribution in [0.3, 0.4) is 0 Å². The Hall–Kier alpha value is -2.48. The highest BCUT2D eigenvalue weighted by molar-refractivity contribution is 5.45. The summed E-state index contributed by atoms with van der Waals surface area (Å²) in [6.07, 6.45) is 0.823. The third kappa shape index (κ3) is 2.97. The molecule has 1 atom stereocenters. The highest BCUT2D eigenvalue weighted by atomic mass is 19.2. The molecule has 6 nitrogen and oxygen atoms in total. The SMILES string of the molecule is O=c1nc(OCc2cccc(F)c2F)cc2n1CC[C@H]1COCCN21. The molecule has 4 rings (SSSR count). The number of benzene rings is 1. The molecule has 0 saturated carbocycles. The van der Waals surface area contributed by atoms with Gasteiger partial charge in [-0.2, -0.15) is 4.98 Å². The first-order valence-corrected chi connectivity index (χ1v) is 8.15. The van der Waals surface area contributed by atoms with Crippen LogP contribution in [0, 0.1) is 11.6 Å². The molecule has 132 valence electrons. The molecule has 3 heterocycles. The Kier molecular flexibility index (Phi) is 4.12. The van der Waals surface area contributed by atoms with Crippen LogP contribution in [-0.2, 0) is 17.9 Å². The molecule has 8 heteroatoms. The molecule has 0 aliphatic carbocycles. The summed E-state index contributed by atoms with van der Waals surface area (Å²) in [6.45, 7) is 2.28. The molecule has 1 fully saturated rings. The van der Waals surface area contributed by atoms with E-state index in [1.54, 1.807) is 10.6 Å². The number of hydrogen-bond donors (Lipinski definition) is 0. The number of ether oxygens (including phenoxy) is 2. The van der Waals surface area contributed by atoms with Gasteiger partial charge < -0.3 is 14.4 Å². The highest BCUT2D eigenvalue weighted by Crippen LogP contribution is 2.28. The number of halogens is 2. The summed E-state index contributed by atoms with van der Waals surface area (Å²) < 4.78 is 39.5. The fourth-order valence-electron chi connectivity index (χ4n) is 3.28. The Bertz CT molecular complexity index is 856. The van der Waals surface area contributed by atoms with Gasteiger partial charge in [0.2, 0.25) is 5.88 Å². The van der Waals surface area contributed by atoms with Gasteiger partial charge in [0.05, 0.1) is 19.3 Å². The summed E-state index contributed by atoms with van der Waals surface area (Å²) in [6, 6.07) is 5.78. The quantitative estimate of drug-likeness (QED) is 0.844. The van der Waals surface area contributed by atoms with Crippen LogP contribution in [0.4, 0.5) is 14.6 Å². The lowest BCUT2D eigenvalue weighted by Gasteiger charge is -2.41. The van der Waals surface area contributed by atoms with Crippen LogP contribution in [0.1, 0.15) is 12.0 Å². The minimum Gasteiger partial charge on any atom is -0.472 e. The lowest BCUT2D eigenvalue weighted by atomic mass is 10.1. The molecule has 1 aromatic carbocycles. The van der Waals surface area contributed by atoms with Gasteiger partial charge >= 0.3 is 5.69 Å². The first kappa shape index (κ1) is 16.0. The first-order chi connectivity index (χ1) is 12.1. The van der Waals surface area contributed by atoms with Gasteiger partial charge in [0.15, 0.2) is 11.6 Å². The van der Waals surface area contributed by atoms with Crippen LogP contribution in [-0.4, -0.2) is 35.4 Å². The summed E-state index contributed by atoms with van der Waals surface area (Å²) in [5, 5.41) is 0. The van der Waals surface area contributed by atoms with Crippen molar-refractivity contribution in [2.24, 2.45) is 0 Å². The normalized spacial score (nSPS) is 19.3. The second-order valence-corrected chi connectivity index (χ2v) is 6.10. The average Bonchev–Trinajstić information content (AvgIpc) is 2.63. The Morgan fingerprint density at radius 1 is 1.32 bits per heavy atom. The number of hydrogen-bond acceptors (Lipinski definition) is 5. The molecular formula is C17H17F2N3O3. The zero-order valence-corrected chi connectivity index (χ0v) is 13.5. The van der Waals surface area contributed by atoms with E-state index in [9.17, 15) is 13.6 Å². The molecule has 2 aliphatic heterocycles. The van der Waals surface area contributed by atoms with E-state index in [0.29, 0.717) is 26.3 Å². The minimum atomic E-state index is -0.953. The number of rotatable bonds is 3. The van der Waals surface area contributed by atoms with E-state index in [2.05, 4.69) is 9.88 Å². The molecule has 0 amide bonds. The molecule has 2 aromatic rings. The monoisotopic (exact) mass is 349 g/mol. The van der Waals surface area contributed by atoms with Crippen LogP contribution < -0.4 is 15.3 Å². The third-order valence-corrected chi connectivity index (χ3v) is 4.58. The van der Waals surface area contributed by atoms with Crippen molar-refractivity contribution in [3.05, 3.63) is 51.9 Å². The zero-order chi connectivity index (χ0) is 17.4. The van der Waals surface area contributed by atoms with E-state index < -0.39 is 17.3 Å². The maximum atomic E-state index is 13.7. The van der Waals surface area contributed by atoms with Crippen molar-refractivity contribution in [3.8, 4) is 5.88 Å². The number of fused-ring (bicyclic) bond motifs is 3. The average molecular weight is 349 g/mol. The smallest absolute Gasteiger partial charge is 0.352 e. The van der Waals surface area contributed by atoms with Gasteiger partial charge in [-0.3, -0.25) is 4.57 Å². The van der Waals surface area contributed by atoms with Gasteiger partial charge in [0, 0.05) is 24.7 Å². The molecule has 0 radical (unpaired) electrons. The molecule has 1 aromatic heterocycles. The van der Waals surface area contributed by atoms with Crippen molar-refractivity contribution < 1.29 is 18.3 Å². The maximum Gasteiger partial charge on any atom is 0.352 e. The predicted octanol–water partition coefficient (Wildman–Crippen LogP) is 1.71. The predicted molar refractivity (Wildman–Crippen MR) is 85.8 cm³/mol. The van der Waals surface area contributed by atoms with Gasteiger partial charge in [-0.05, 0) is 12.5 Å². The van der Waals surface area contributed by atoms with E-state index in [0.717, 1.165) is 18.3 Å². The second-order valence-electron chi connectivity index (χ2n) is 6.10. The van der Waals surface area contributed by atoms with E-state index in [4.69, 9.17) is 9.47 Å². The van der Waals surface area contributed by atoms with E-state index >= 15 is 0 Å². The van der Waals surface area contributed by atoms with Crippen molar-refractivity contribution in [3.63, 3.8) is 0 Å². The van der Waals surface area contributed by atoms with Gasteiger partial charge in [-0.1, -0.05) is 12.1 Å². The van der Waals surface area contributed by atoms with Crippen LogP contribution in [0.25, 0.3) is 0 Å². The molecule has 1 saturated heterocycles. The van der Waals surface area contributed by atoms with Crippen LogP contribution in [0.15, 0.2) is 29.1 Å². The largest absolute Gasteiger partial charge is 0.472 e. The second kappa shape index (κ2) is 6.44. The standard InChI is InChI=1S/C17H17F2N3O3/c18-13-3-1-2-11(16(13)19)9-25-14-8-15-21-6-7-24-10-12(21)4-5-22(15)17(23)20-14/h1-3,8,12H,4-7,9-10H2/t12-/m0/s1. The van der Waals surface area contributed by atoms with E-state index in [-0.39, 0.29) is 24.1 Å². The van der Waals surface area contributed by atoms with Gasteiger partial charge in [0.25, 0.3) is 0 Å². The number of nitrogens with zero attached hydrogens (tertiary/aromatic N) is 3. The lowest BCUT2D eigenvalue weighted by Crippen LogP contribution is -2.51. The lowest BCUT2D eigenvalue weighted by molar-refractivity contribution is 0.0847. The fourth-order valence-corrected chi connectivity index (χ4v) is 3.28. The molecule has 25 heavy (non-hydrogen) atoms. The molecule has 0 N–H and O–H groups in total.